The summed E-state index contributed by atoms with van der Waals surface area (Å²) in [6, 6.07) is 12.2. The highest BCUT2D eigenvalue weighted by atomic mass is 35.5. The van der Waals surface area contributed by atoms with Crippen molar-refractivity contribution >= 4 is 29.4 Å². The SMILES string of the molecule is CN(C(=O)OCCC(F)(F)F)C1CN(C(=O)C2CCN(c3ccc(C#N)cn3)CC2)CC1c1ccc(Cl)cc1. The molecule has 0 bridgehead atoms. The first-order valence-corrected chi connectivity index (χ1v) is 13.0. The van der Waals surface area contributed by atoms with Gasteiger partial charge in [0.05, 0.1) is 18.0 Å². The summed E-state index contributed by atoms with van der Waals surface area (Å²) in [6.45, 7) is 1.12. The largest absolute Gasteiger partial charge is 0.449 e. The minimum Gasteiger partial charge on any atom is -0.449 e. The predicted molar refractivity (Wildman–Crippen MR) is 138 cm³/mol. The number of aromatic nitrogens is 1. The van der Waals surface area contributed by atoms with Gasteiger partial charge in [-0.25, -0.2) is 9.78 Å². The highest BCUT2D eigenvalue weighted by Gasteiger charge is 2.42. The lowest BCUT2D eigenvalue weighted by Crippen LogP contribution is -2.44. The number of nitriles is 1. The fourth-order valence-corrected chi connectivity index (χ4v) is 5.27. The zero-order valence-corrected chi connectivity index (χ0v) is 22.2. The third kappa shape index (κ3) is 7.12. The first-order valence-electron chi connectivity index (χ1n) is 12.7. The van der Waals surface area contributed by atoms with E-state index < -0.39 is 31.3 Å². The number of ether oxygens (including phenoxy) is 1. The monoisotopic (exact) mass is 563 g/mol. The Bertz CT molecular complexity index is 1200. The van der Waals surface area contributed by atoms with Crippen LogP contribution in [-0.2, 0) is 9.53 Å². The molecule has 0 N–H and O–H groups in total. The molecule has 1 aromatic heterocycles. The molecule has 2 aromatic rings. The van der Waals surface area contributed by atoms with Crippen molar-refractivity contribution in [3.8, 4) is 6.07 Å². The summed E-state index contributed by atoms with van der Waals surface area (Å²) in [6.07, 6.45) is -3.73. The van der Waals surface area contributed by atoms with Crippen LogP contribution in [0.2, 0.25) is 5.02 Å². The second-order valence-corrected chi connectivity index (χ2v) is 10.3. The standard InChI is InChI=1S/C27H29ClF3N5O3/c1-34(26(38)39-13-10-27(29,30)31)23-17-36(16-22(23)19-3-5-21(28)6-4-19)25(37)20-8-11-35(12-9-20)24-7-2-18(14-32)15-33-24/h2-7,15,20,22-23H,8-13,16-17H2,1H3. The van der Waals surface area contributed by atoms with E-state index in [9.17, 15) is 22.8 Å². The predicted octanol–water partition coefficient (Wildman–Crippen LogP) is 4.84. The van der Waals surface area contributed by atoms with Crippen LogP contribution in [0.15, 0.2) is 42.6 Å². The lowest BCUT2D eigenvalue weighted by Gasteiger charge is -2.34. The third-order valence-electron chi connectivity index (χ3n) is 7.34. The van der Waals surface area contributed by atoms with Gasteiger partial charge in [0, 0.05) is 56.3 Å². The summed E-state index contributed by atoms with van der Waals surface area (Å²) in [7, 11) is 1.49. The average Bonchev–Trinajstić information content (AvgIpc) is 3.37. The number of halogens is 4. The molecule has 2 fully saturated rings. The van der Waals surface area contributed by atoms with E-state index in [4.69, 9.17) is 21.6 Å². The first-order chi connectivity index (χ1) is 18.6. The van der Waals surface area contributed by atoms with Gasteiger partial charge in [-0.1, -0.05) is 23.7 Å². The van der Waals surface area contributed by atoms with Gasteiger partial charge in [-0.15, -0.1) is 0 Å². The summed E-state index contributed by atoms with van der Waals surface area (Å²) in [5.41, 5.74) is 1.35. The van der Waals surface area contributed by atoms with E-state index >= 15 is 0 Å². The number of benzene rings is 1. The van der Waals surface area contributed by atoms with Crippen LogP contribution in [-0.4, -0.2) is 78.8 Å². The van der Waals surface area contributed by atoms with Crippen LogP contribution in [0.4, 0.5) is 23.8 Å². The molecule has 0 spiro atoms. The molecule has 2 unspecified atom stereocenters. The summed E-state index contributed by atoms with van der Waals surface area (Å²) in [4.78, 5) is 35.6. The Morgan fingerprint density at radius 3 is 2.44 bits per heavy atom. The van der Waals surface area contributed by atoms with Crippen LogP contribution in [0, 0.1) is 17.2 Å². The topological polar surface area (TPSA) is 89.8 Å². The van der Waals surface area contributed by atoms with Crippen molar-refractivity contribution < 1.29 is 27.5 Å². The normalized spacial score (nSPS) is 20.0. The molecular weight excluding hydrogens is 535 g/mol. The number of rotatable bonds is 6. The van der Waals surface area contributed by atoms with E-state index in [-0.39, 0.29) is 24.3 Å². The van der Waals surface area contributed by atoms with Crippen molar-refractivity contribution in [2.75, 3.05) is 44.7 Å². The average molecular weight is 564 g/mol. The number of likely N-dealkylation sites (N-methyl/N-ethyl adjacent to an activating group) is 1. The molecule has 2 saturated heterocycles. The fourth-order valence-electron chi connectivity index (χ4n) is 5.14. The number of nitrogens with zero attached hydrogens (tertiary/aromatic N) is 5. The minimum absolute atomic E-state index is 0.0114. The van der Waals surface area contributed by atoms with Crippen molar-refractivity contribution in [3.05, 3.63) is 58.7 Å². The van der Waals surface area contributed by atoms with Gasteiger partial charge in [-0.05, 0) is 42.7 Å². The van der Waals surface area contributed by atoms with Crippen LogP contribution in [0.5, 0.6) is 0 Å². The maximum absolute atomic E-state index is 13.6. The molecule has 0 saturated carbocycles. The first kappa shape index (κ1) is 28.5. The zero-order valence-electron chi connectivity index (χ0n) is 21.4. The maximum Gasteiger partial charge on any atom is 0.409 e. The van der Waals surface area contributed by atoms with Gasteiger partial charge in [0.25, 0.3) is 0 Å². The van der Waals surface area contributed by atoms with Crippen LogP contribution in [0.1, 0.15) is 36.3 Å². The Hall–Kier alpha value is -3.52. The Labute approximate surface area is 229 Å². The molecule has 0 radical (unpaired) electrons. The quantitative estimate of drug-likeness (QED) is 0.500. The molecular formula is C27H29ClF3N5O3. The molecule has 0 aliphatic carbocycles. The molecule has 2 aliphatic rings. The number of alkyl halides is 3. The van der Waals surface area contributed by atoms with Crippen LogP contribution >= 0.6 is 11.6 Å². The summed E-state index contributed by atoms with van der Waals surface area (Å²) < 4.78 is 42.4. The van der Waals surface area contributed by atoms with Crippen LogP contribution in [0.3, 0.4) is 0 Å². The molecule has 8 nitrogen and oxygen atoms in total. The molecule has 208 valence electrons. The lowest BCUT2D eigenvalue weighted by molar-refractivity contribution is -0.142. The molecule has 12 heteroatoms. The molecule has 2 aliphatic heterocycles. The van der Waals surface area contributed by atoms with Crippen molar-refractivity contribution in [2.24, 2.45) is 5.92 Å². The Balaban J connectivity index is 1.42. The number of hydrogen-bond acceptors (Lipinski definition) is 6. The number of piperidine rings is 1. The number of carbonyl (C=O) groups is 2. The van der Waals surface area contributed by atoms with Crippen molar-refractivity contribution in [3.63, 3.8) is 0 Å². The molecule has 2 amide bonds. The maximum atomic E-state index is 13.6. The number of anilines is 1. The summed E-state index contributed by atoms with van der Waals surface area (Å²) in [5.74, 6) is 0.292. The van der Waals surface area contributed by atoms with Crippen molar-refractivity contribution in [1.82, 2.24) is 14.8 Å². The zero-order chi connectivity index (χ0) is 28.2. The lowest BCUT2D eigenvalue weighted by atomic mass is 9.93. The second kappa shape index (κ2) is 12.1. The number of carbonyl (C=O) groups excluding carboxylic acids is 2. The van der Waals surface area contributed by atoms with Crippen molar-refractivity contribution in [2.45, 2.75) is 37.4 Å². The highest BCUT2D eigenvalue weighted by Crippen LogP contribution is 2.34. The van der Waals surface area contributed by atoms with Gasteiger partial charge in [0.1, 0.15) is 18.5 Å². The molecule has 3 heterocycles. The van der Waals surface area contributed by atoms with E-state index in [1.54, 1.807) is 29.2 Å². The number of hydrogen-bond donors (Lipinski definition) is 0. The smallest absolute Gasteiger partial charge is 0.409 e. The Morgan fingerprint density at radius 2 is 1.85 bits per heavy atom. The van der Waals surface area contributed by atoms with Gasteiger partial charge in [-0.3, -0.25) is 4.79 Å². The van der Waals surface area contributed by atoms with E-state index in [0.717, 1.165) is 11.4 Å². The van der Waals surface area contributed by atoms with Gasteiger partial charge in [0.15, 0.2) is 0 Å². The molecule has 4 rings (SSSR count). The van der Waals surface area contributed by atoms with Crippen molar-refractivity contribution in [1.29, 1.82) is 5.26 Å². The molecule has 2 atom stereocenters. The molecule has 1 aromatic carbocycles. The number of likely N-dealkylation sites (tertiary alicyclic amines) is 1. The molecule has 39 heavy (non-hydrogen) atoms. The Kier molecular flexibility index (Phi) is 8.85. The summed E-state index contributed by atoms with van der Waals surface area (Å²) >= 11 is 6.05. The van der Waals surface area contributed by atoms with E-state index in [2.05, 4.69) is 9.88 Å². The second-order valence-electron chi connectivity index (χ2n) is 9.84. The van der Waals surface area contributed by atoms with Crippen LogP contribution < -0.4 is 4.90 Å². The van der Waals surface area contributed by atoms with Crippen LogP contribution in [0.25, 0.3) is 0 Å². The van der Waals surface area contributed by atoms with E-state index in [0.29, 0.717) is 43.1 Å². The van der Waals surface area contributed by atoms with E-state index in [1.165, 1.54) is 18.1 Å². The van der Waals surface area contributed by atoms with Gasteiger partial charge < -0.3 is 19.4 Å². The Morgan fingerprint density at radius 1 is 1.15 bits per heavy atom. The van der Waals surface area contributed by atoms with Gasteiger partial charge in [-0.2, -0.15) is 18.4 Å². The fraction of sp³-hybridized carbons (Fsp3) is 0.481. The highest BCUT2D eigenvalue weighted by molar-refractivity contribution is 6.30. The minimum atomic E-state index is -4.42. The van der Waals surface area contributed by atoms with Gasteiger partial charge in [0.2, 0.25) is 5.91 Å². The summed E-state index contributed by atoms with van der Waals surface area (Å²) in [5, 5.41) is 9.52. The third-order valence-corrected chi connectivity index (χ3v) is 7.59. The van der Waals surface area contributed by atoms with E-state index in [1.807, 2.05) is 18.2 Å². The van der Waals surface area contributed by atoms with Gasteiger partial charge >= 0.3 is 12.3 Å². The number of pyridine rings is 1. The number of amides is 2.